The molecule has 2 aliphatic rings. The van der Waals surface area contributed by atoms with E-state index >= 15 is 0 Å². The van der Waals surface area contributed by atoms with Crippen LogP contribution in [0.2, 0.25) is 0 Å². The summed E-state index contributed by atoms with van der Waals surface area (Å²) in [6, 6.07) is 0. The van der Waals surface area contributed by atoms with E-state index in [0.717, 1.165) is 38.9 Å². The Hall–Kier alpha value is -0.120. The van der Waals surface area contributed by atoms with Crippen molar-refractivity contribution in [2.24, 2.45) is 5.92 Å². The second-order valence-electron chi connectivity index (χ2n) is 4.52. The fourth-order valence-corrected chi connectivity index (χ4v) is 2.36. The number of hydrogen-bond acceptors (Lipinski definition) is 3. The molecule has 14 heavy (non-hydrogen) atoms. The fourth-order valence-electron chi connectivity index (χ4n) is 2.36. The molecule has 3 unspecified atom stereocenters. The van der Waals surface area contributed by atoms with Gasteiger partial charge in [0.2, 0.25) is 0 Å². The molecule has 1 saturated heterocycles. The molecule has 0 aromatic rings. The van der Waals surface area contributed by atoms with Gasteiger partial charge in [0.1, 0.15) is 0 Å². The molecule has 0 aromatic carbocycles. The largest absolute Gasteiger partial charge is 0.393 e. The Kier molecular flexibility index (Phi) is 3.42. The molecule has 0 spiro atoms. The summed E-state index contributed by atoms with van der Waals surface area (Å²) in [5.41, 5.74) is 0. The first kappa shape index (κ1) is 10.4. The minimum atomic E-state index is -0.170. The van der Waals surface area contributed by atoms with Crippen molar-refractivity contribution in [3.8, 4) is 0 Å². The van der Waals surface area contributed by atoms with Gasteiger partial charge in [0.25, 0.3) is 0 Å². The van der Waals surface area contributed by atoms with Gasteiger partial charge in [0.15, 0.2) is 0 Å². The van der Waals surface area contributed by atoms with Crippen LogP contribution in [0.5, 0.6) is 0 Å². The topological polar surface area (TPSA) is 38.7 Å². The van der Waals surface area contributed by atoms with Gasteiger partial charge in [-0.25, -0.2) is 0 Å². The van der Waals surface area contributed by atoms with Crippen LogP contribution in [0.4, 0.5) is 0 Å². The van der Waals surface area contributed by atoms with E-state index in [4.69, 9.17) is 9.47 Å². The lowest BCUT2D eigenvalue weighted by molar-refractivity contribution is -0.0913. The number of rotatable bonds is 2. The lowest BCUT2D eigenvalue weighted by Crippen LogP contribution is -2.38. The number of hydrogen-bond donors (Lipinski definition) is 1. The zero-order valence-electron chi connectivity index (χ0n) is 8.82. The van der Waals surface area contributed by atoms with Gasteiger partial charge in [-0.05, 0) is 25.7 Å². The van der Waals surface area contributed by atoms with E-state index in [9.17, 15) is 5.11 Å². The van der Waals surface area contributed by atoms with Crippen molar-refractivity contribution < 1.29 is 14.6 Å². The lowest BCUT2D eigenvalue weighted by Gasteiger charge is -2.34. The zero-order valence-corrected chi connectivity index (χ0v) is 8.82. The molecule has 2 rings (SSSR count). The van der Waals surface area contributed by atoms with E-state index in [1.165, 1.54) is 0 Å². The number of ether oxygens (including phenoxy) is 2. The van der Waals surface area contributed by atoms with Gasteiger partial charge >= 0.3 is 0 Å². The van der Waals surface area contributed by atoms with Crippen molar-refractivity contribution in [3.05, 3.63) is 0 Å². The van der Waals surface area contributed by atoms with Crippen LogP contribution < -0.4 is 0 Å². The molecule has 0 radical (unpaired) electrons. The molecule has 3 nitrogen and oxygen atoms in total. The molecule has 1 N–H and O–H groups in total. The van der Waals surface area contributed by atoms with Gasteiger partial charge in [-0.2, -0.15) is 0 Å². The van der Waals surface area contributed by atoms with E-state index in [-0.39, 0.29) is 24.2 Å². The summed E-state index contributed by atoms with van der Waals surface area (Å²) in [7, 11) is 0. The number of aliphatic hydroxyl groups is 1. The lowest BCUT2D eigenvalue weighted by atomic mass is 9.85. The van der Waals surface area contributed by atoms with Crippen LogP contribution in [0.15, 0.2) is 0 Å². The minimum Gasteiger partial charge on any atom is -0.393 e. The van der Waals surface area contributed by atoms with Crippen molar-refractivity contribution in [1.29, 1.82) is 0 Å². The summed E-state index contributed by atoms with van der Waals surface area (Å²) in [6.07, 6.45) is 4.47. The third kappa shape index (κ3) is 2.27. The smallest absolute Gasteiger partial charge is 0.0834 e. The molecule has 0 amide bonds. The van der Waals surface area contributed by atoms with Crippen molar-refractivity contribution >= 4 is 0 Å². The maximum atomic E-state index is 9.71. The number of aliphatic hydroxyl groups excluding tert-OH is 1. The average molecular weight is 200 g/mol. The SMILES string of the molecule is CC1C(O)CCC[C@H]1OC1CCOC1. The van der Waals surface area contributed by atoms with Crippen molar-refractivity contribution in [2.45, 2.75) is 50.9 Å². The highest BCUT2D eigenvalue weighted by Crippen LogP contribution is 2.28. The van der Waals surface area contributed by atoms with E-state index in [1.54, 1.807) is 0 Å². The van der Waals surface area contributed by atoms with Crippen LogP contribution in [-0.2, 0) is 9.47 Å². The van der Waals surface area contributed by atoms with Crippen LogP contribution >= 0.6 is 0 Å². The van der Waals surface area contributed by atoms with Crippen LogP contribution in [0.25, 0.3) is 0 Å². The van der Waals surface area contributed by atoms with E-state index in [2.05, 4.69) is 6.92 Å². The van der Waals surface area contributed by atoms with Crippen LogP contribution in [-0.4, -0.2) is 36.6 Å². The Balaban J connectivity index is 1.83. The summed E-state index contributed by atoms with van der Waals surface area (Å²) in [5.74, 6) is 0.282. The van der Waals surface area contributed by atoms with E-state index < -0.39 is 0 Å². The standard InChI is InChI=1S/C11H20O3/c1-8-10(12)3-2-4-11(8)14-9-5-6-13-7-9/h8-12H,2-7H2,1H3/t8?,9?,10?,11-/m1/s1. The quantitative estimate of drug-likeness (QED) is 0.731. The fraction of sp³-hybridized carbons (Fsp3) is 1.00. The molecule has 4 atom stereocenters. The molecule has 0 aromatic heterocycles. The van der Waals surface area contributed by atoms with Gasteiger partial charge in [0, 0.05) is 12.5 Å². The summed E-state index contributed by atoms with van der Waals surface area (Å²) in [6.45, 7) is 3.65. The first-order valence-corrected chi connectivity index (χ1v) is 5.68. The van der Waals surface area contributed by atoms with Gasteiger partial charge in [-0.15, -0.1) is 0 Å². The normalized spacial score (nSPS) is 44.1. The molecule has 1 aliphatic carbocycles. The minimum absolute atomic E-state index is 0.170. The molecule has 3 heteroatoms. The van der Waals surface area contributed by atoms with Crippen LogP contribution in [0.3, 0.4) is 0 Å². The highest BCUT2D eigenvalue weighted by molar-refractivity contribution is 4.81. The van der Waals surface area contributed by atoms with Gasteiger partial charge in [0.05, 0.1) is 24.9 Å². The predicted octanol–water partition coefficient (Wildman–Crippen LogP) is 1.34. The summed E-state index contributed by atoms with van der Waals surface area (Å²) < 4.78 is 11.2. The molecule has 2 fully saturated rings. The van der Waals surface area contributed by atoms with Crippen molar-refractivity contribution in [1.82, 2.24) is 0 Å². The maximum Gasteiger partial charge on any atom is 0.0834 e. The van der Waals surface area contributed by atoms with Gasteiger partial charge in [-0.1, -0.05) is 6.92 Å². The Morgan fingerprint density at radius 3 is 2.86 bits per heavy atom. The van der Waals surface area contributed by atoms with E-state index in [0.29, 0.717) is 0 Å². The average Bonchev–Trinajstić information content (AvgIpc) is 2.66. The second kappa shape index (κ2) is 4.60. The van der Waals surface area contributed by atoms with Crippen molar-refractivity contribution in [3.63, 3.8) is 0 Å². The third-order valence-electron chi connectivity index (χ3n) is 3.44. The van der Waals surface area contributed by atoms with E-state index in [1.807, 2.05) is 0 Å². The zero-order chi connectivity index (χ0) is 9.97. The summed E-state index contributed by atoms with van der Waals surface area (Å²) >= 11 is 0. The molecular weight excluding hydrogens is 180 g/mol. The monoisotopic (exact) mass is 200 g/mol. The highest BCUT2D eigenvalue weighted by atomic mass is 16.6. The van der Waals surface area contributed by atoms with Gasteiger partial charge in [-0.3, -0.25) is 0 Å². The van der Waals surface area contributed by atoms with Crippen LogP contribution in [0.1, 0.15) is 32.6 Å². The molecule has 1 heterocycles. The molecular formula is C11H20O3. The molecule has 1 saturated carbocycles. The summed E-state index contributed by atoms with van der Waals surface area (Å²) in [4.78, 5) is 0. The first-order valence-electron chi connectivity index (χ1n) is 5.68. The van der Waals surface area contributed by atoms with Crippen LogP contribution in [0, 0.1) is 5.92 Å². The Morgan fingerprint density at radius 2 is 2.14 bits per heavy atom. The summed E-state index contributed by atoms with van der Waals surface area (Å²) in [5, 5.41) is 9.71. The third-order valence-corrected chi connectivity index (χ3v) is 3.44. The molecule has 0 bridgehead atoms. The predicted molar refractivity (Wildman–Crippen MR) is 53.1 cm³/mol. The maximum absolute atomic E-state index is 9.71. The first-order chi connectivity index (χ1) is 6.77. The Labute approximate surface area is 85.4 Å². The van der Waals surface area contributed by atoms with Crippen molar-refractivity contribution in [2.75, 3.05) is 13.2 Å². The van der Waals surface area contributed by atoms with Gasteiger partial charge < -0.3 is 14.6 Å². The highest BCUT2D eigenvalue weighted by Gasteiger charge is 2.31. The molecule has 1 aliphatic heterocycles. The Bertz CT molecular complexity index is 177. The Morgan fingerprint density at radius 1 is 1.29 bits per heavy atom. The molecule has 82 valence electrons. The second-order valence-corrected chi connectivity index (χ2v) is 4.52.